The summed E-state index contributed by atoms with van der Waals surface area (Å²) < 4.78 is 10.5. The van der Waals surface area contributed by atoms with Gasteiger partial charge in [0.1, 0.15) is 18.2 Å². The normalized spacial score (nSPS) is 12.2. The molecule has 0 aliphatic rings. The van der Waals surface area contributed by atoms with Crippen LogP contribution in [0, 0.1) is 5.92 Å². The molecule has 0 unspecified atom stereocenters. The van der Waals surface area contributed by atoms with Crippen molar-refractivity contribution >= 4 is 18.0 Å². The molecule has 29 heavy (non-hydrogen) atoms. The summed E-state index contributed by atoms with van der Waals surface area (Å²) in [5.41, 5.74) is 0.348. The van der Waals surface area contributed by atoms with Crippen molar-refractivity contribution < 1.29 is 23.9 Å². The van der Waals surface area contributed by atoms with Gasteiger partial charge in [-0.3, -0.25) is 9.59 Å². The van der Waals surface area contributed by atoms with Crippen molar-refractivity contribution in [2.24, 2.45) is 5.92 Å². The minimum atomic E-state index is -0.704. The minimum absolute atomic E-state index is 0.111. The lowest BCUT2D eigenvalue weighted by molar-refractivity contribution is -0.155. The average Bonchev–Trinajstić information content (AvgIpc) is 2.63. The van der Waals surface area contributed by atoms with E-state index >= 15 is 0 Å². The SMILES string of the molecule is CC(C)[C@H](NC(=O)OCc1ccccc1)C(=O)N(C)CCCC(=O)OC(C)(C)C. The summed E-state index contributed by atoms with van der Waals surface area (Å²) in [7, 11) is 1.66. The lowest BCUT2D eigenvalue weighted by atomic mass is 10.0. The van der Waals surface area contributed by atoms with Gasteiger partial charge in [-0.2, -0.15) is 0 Å². The molecule has 7 heteroatoms. The van der Waals surface area contributed by atoms with E-state index in [0.717, 1.165) is 5.56 Å². The number of alkyl carbamates (subject to hydrolysis) is 1. The average molecular weight is 407 g/mol. The van der Waals surface area contributed by atoms with Gasteiger partial charge in [0.15, 0.2) is 0 Å². The van der Waals surface area contributed by atoms with Crippen LogP contribution in [0.5, 0.6) is 0 Å². The largest absolute Gasteiger partial charge is 0.460 e. The van der Waals surface area contributed by atoms with E-state index in [1.165, 1.54) is 4.90 Å². The second-order valence-electron chi connectivity index (χ2n) is 8.38. The van der Waals surface area contributed by atoms with E-state index in [0.29, 0.717) is 13.0 Å². The fourth-order valence-corrected chi connectivity index (χ4v) is 2.61. The maximum atomic E-state index is 12.7. The molecule has 2 amide bonds. The van der Waals surface area contributed by atoms with Crippen LogP contribution in [0.3, 0.4) is 0 Å². The number of nitrogens with zero attached hydrogens (tertiary/aromatic N) is 1. The van der Waals surface area contributed by atoms with Crippen molar-refractivity contribution in [1.82, 2.24) is 10.2 Å². The molecule has 1 atom stereocenters. The number of hydrogen-bond acceptors (Lipinski definition) is 5. The Hall–Kier alpha value is -2.57. The van der Waals surface area contributed by atoms with Crippen molar-refractivity contribution in [3.63, 3.8) is 0 Å². The standard InChI is InChI=1S/C22H34N2O5/c1-16(2)19(23-21(27)28-15-17-11-8-7-9-12-17)20(26)24(6)14-10-13-18(25)29-22(3,4)5/h7-9,11-12,16,19H,10,13-15H2,1-6H3,(H,23,27)/t19-/m0/s1. The van der Waals surface area contributed by atoms with Gasteiger partial charge in [-0.15, -0.1) is 0 Å². The van der Waals surface area contributed by atoms with Crippen LogP contribution in [0.4, 0.5) is 4.79 Å². The van der Waals surface area contributed by atoms with E-state index < -0.39 is 17.7 Å². The number of nitrogens with one attached hydrogen (secondary N) is 1. The van der Waals surface area contributed by atoms with Crippen molar-refractivity contribution in [1.29, 1.82) is 0 Å². The highest BCUT2D eigenvalue weighted by molar-refractivity contribution is 5.85. The van der Waals surface area contributed by atoms with Crippen molar-refractivity contribution in [2.45, 2.75) is 65.7 Å². The molecule has 7 nitrogen and oxygen atoms in total. The number of rotatable bonds is 9. The summed E-state index contributed by atoms with van der Waals surface area (Å²) in [6.07, 6.45) is 0.0804. The maximum absolute atomic E-state index is 12.7. The number of carbonyl (C=O) groups is 3. The van der Waals surface area contributed by atoms with Crippen LogP contribution in [-0.2, 0) is 25.7 Å². The van der Waals surface area contributed by atoms with E-state index in [9.17, 15) is 14.4 Å². The number of ether oxygens (including phenoxy) is 2. The number of hydrogen-bond donors (Lipinski definition) is 1. The molecular formula is C22H34N2O5. The predicted molar refractivity (Wildman–Crippen MR) is 111 cm³/mol. The molecule has 0 bridgehead atoms. The summed E-state index contributed by atoms with van der Waals surface area (Å²) >= 11 is 0. The van der Waals surface area contributed by atoms with E-state index in [-0.39, 0.29) is 30.8 Å². The number of benzene rings is 1. The number of carbonyl (C=O) groups excluding carboxylic acids is 3. The first kappa shape index (κ1) is 24.5. The molecule has 0 saturated carbocycles. The Morgan fingerprint density at radius 3 is 2.28 bits per heavy atom. The van der Waals surface area contributed by atoms with Crippen LogP contribution < -0.4 is 5.32 Å². The molecule has 0 aromatic heterocycles. The van der Waals surface area contributed by atoms with Crippen molar-refractivity contribution in [3.8, 4) is 0 Å². The minimum Gasteiger partial charge on any atom is -0.460 e. The second kappa shape index (κ2) is 11.4. The zero-order valence-electron chi connectivity index (χ0n) is 18.4. The molecule has 1 aromatic carbocycles. The molecule has 0 spiro atoms. The number of likely N-dealkylation sites (N-methyl/N-ethyl adjacent to an activating group) is 1. The lowest BCUT2D eigenvalue weighted by Gasteiger charge is -2.27. The van der Waals surface area contributed by atoms with Gasteiger partial charge in [0.05, 0.1) is 0 Å². The van der Waals surface area contributed by atoms with Crippen molar-refractivity contribution in [2.75, 3.05) is 13.6 Å². The Balaban J connectivity index is 2.49. The molecule has 0 aliphatic carbocycles. The quantitative estimate of drug-likeness (QED) is 0.634. The van der Waals surface area contributed by atoms with E-state index in [4.69, 9.17) is 9.47 Å². The van der Waals surface area contributed by atoms with Crippen LogP contribution in [0.1, 0.15) is 53.0 Å². The second-order valence-corrected chi connectivity index (χ2v) is 8.38. The van der Waals surface area contributed by atoms with Crippen LogP contribution >= 0.6 is 0 Å². The summed E-state index contributed by atoms with van der Waals surface area (Å²) in [5.74, 6) is -0.623. The van der Waals surface area contributed by atoms with Gasteiger partial charge in [0.2, 0.25) is 5.91 Å². The molecule has 1 rings (SSSR count). The van der Waals surface area contributed by atoms with Gasteiger partial charge in [-0.05, 0) is 38.7 Å². The molecule has 0 aliphatic heterocycles. The van der Waals surface area contributed by atoms with Gasteiger partial charge in [0.25, 0.3) is 0 Å². The van der Waals surface area contributed by atoms with Gasteiger partial charge in [0, 0.05) is 20.0 Å². The summed E-state index contributed by atoms with van der Waals surface area (Å²) in [6, 6.07) is 8.63. The first-order valence-corrected chi connectivity index (χ1v) is 9.93. The van der Waals surface area contributed by atoms with Crippen LogP contribution in [0.25, 0.3) is 0 Å². The fraction of sp³-hybridized carbons (Fsp3) is 0.591. The molecule has 0 heterocycles. The third-order valence-corrected chi connectivity index (χ3v) is 4.09. The Labute approximate surface area is 173 Å². The first-order valence-electron chi connectivity index (χ1n) is 9.93. The van der Waals surface area contributed by atoms with Gasteiger partial charge >= 0.3 is 12.1 Å². The highest BCUT2D eigenvalue weighted by Gasteiger charge is 2.27. The predicted octanol–water partition coefficient (Wildman–Crippen LogP) is 3.52. The Kier molecular flexibility index (Phi) is 9.65. The zero-order chi connectivity index (χ0) is 22.0. The molecule has 0 radical (unpaired) electrons. The molecular weight excluding hydrogens is 372 g/mol. The Morgan fingerprint density at radius 1 is 1.10 bits per heavy atom. The summed E-state index contributed by atoms with van der Waals surface area (Å²) in [5, 5.41) is 2.65. The number of esters is 1. The Morgan fingerprint density at radius 2 is 1.72 bits per heavy atom. The summed E-state index contributed by atoms with van der Waals surface area (Å²) in [4.78, 5) is 38.2. The molecule has 0 fully saturated rings. The maximum Gasteiger partial charge on any atom is 0.408 e. The van der Waals surface area contributed by atoms with Crippen molar-refractivity contribution in [3.05, 3.63) is 35.9 Å². The van der Waals surface area contributed by atoms with Gasteiger partial charge < -0.3 is 19.7 Å². The summed E-state index contributed by atoms with van der Waals surface area (Å²) in [6.45, 7) is 9.69. The third kappa shape index (κ3) is 9.96. The lowest BCUT2D eigenvalue weighted by Crippen LogP contribution is -2.50. The van der Waals surface area contributed by atoms with E-state index in [1.807, 2.05) is 65.0 Å². The van der Waals surface area contributed by atoms with Gasteiger partial charge in [-0.1, -0.05) is 44.2 Å². The molecule has 1 aromatic rings. The van der Waals surface area contributed by atoms with Gasteiger partial charge in [-0.25, -0.2) is 4.79 Å². The van der Waals surface area contributed by atoms with E-state index in [1.54, 1.807) is 7.05 Å². The smallest absolute Gasteiger partial charge is 0.408 e. The van der Waals surface area contributed by atoms with E-state index in [2.05, 4.69) is 5.32 Å². The highest BCUT2D eigenvalue weighted by atomic mass is 16.6. The zero-order valence-corrected chi connectivity index (χ0v) is 18.4. The molecule has 162 valence electrons. The third-order valence-electron chi connectivity index (χ3n) is 4.09. The topological polar surface area (TPSA) is 84.9 Å². The van der Waals surface area contributed by atoms with Crippen LogP contribution in [0.15, 0.2) is 30.3 Å². The highest BCUT2D eigenvalue weighted by Crippen LogP contribution is 2.11. The molecule has 1 N–H and O–H groups in total. The fourth-order valence-electron chi connectivity index (χ4n) is 2.61. The monoisotopic (exact) mass is 406 g/mol. The first-order chi connectivity index (χ1) is 13.5. The van der Waals surface area contributed by atoms with Crippen LogP contribution in [-0.4, -0.2) is 48.1 Å². The molecule has 0 saturated heterocycles. The number of amides is 2. The Bertz CT molecular complexity index is 668. The van der Waals surface area contributed by atoms with Crippen LogP contribution in [0.2, 0.25) is 0 Å².